The normalized spacial score (nSPS) is 18.8. The Morgan fingerprint density at radius 1 is 1.40 bits per heavy atom. The Morgan fingerprint density at radius 2 is 2.20 bits per heavy atom. The molecule has 1 aromatic heterocycles. The van der Waals surface area contributed by atoms with E-state index in [9.17, 15) is 5.26 Å². The van der Waals surface area contributed by atoms with Crippen LogP contribution in [0.4, 0.5) is 5.00 Å². The third kappa shape index (κ3) is 2.50. The number of hydrogen-bond donors (Lipinski definition) is 0. The molecular formula is C14H12ClN3OS. The van der Waals surface area contributed by atoms with E-state index in [4.69, 9.17) is 16.3 Å². The first kappa shape index (κ1) is 13.4. The Balaban J connectivity index is 1.84. The van der Waals surface area contributed by atoms with Gasteiger partial charge >= 0.3 is 0 Å². The minimum Gasteiger partial charge on any atom is -0.370 e. The van der Waals surface area contributed by atoms with Crippen LogP contribution in [0.5, 0.6) is 0 Å². The Kier molecular flexibility index (Phi) is 3.88. The minimum absolute atomic E-state index is 0.0115. The number of morpholine rings is 1. The summed E-state index contributed by atoms with van der Waals surface area (Å²) in [4.78, 5) is 2.13. The fraction of sp³-hybridized carbons (Fsp3) is 0.286. The molecule has 0 spiro atoms. The zero-order valence-electron chi connectivity index (χ0n) is 10.6. The van der Waals surface area contributed by atoms with Crippen molar-refractivity contribution in [2.24, 2.45) is 0 Å². The van der Waals surface area contributed by atoms with Gasteiger partial charge in [0.1, 0.15) is 22.7 Å². The van der Waals surface area contributed by atoms with Gasteiger partial charge in [0.25, 0.3) is 0 Å². The van der Waals surface area contributed by atoms with E-state index >= 15 is 0 Å². The zero-order chi connectivity index (χ0) is 13.9. The molecule has 20 heavy (non-hydrogen) atoms. The minimum atomic E-state index is 0.0115. The molecular weight excluding hydrogens is 294 g/mol. The number of benzene rings is 1. The number of nitrogens with zero attached hydrogens (tertiary/aromatic N) is 3. The predicted octanol–water partition coefficient (Wildman–Crippen LogP) is 3.25. The highest BCUT2D eigenvalue weighted by Gasteiger charge is 2.26. The van der Waals surface area contributed by atoms with Crippen LogP contribution >= 0.6 is 23.1 Å². The van der Waals surface area contributed by atoms with E-state index in [1.54, 1.807) is 0 Å². The Morgan fingerprint density at radius 3 is 2.95 bits per heavy atom. The molecule has 0 saturated carbocycles. The van der Waals surface area contributed by atoms with Crippen molar-refractivity contribution in [3.63, 3.8) is 0 Å². The zero-order valence-corrected chi connectivity index (χ0v) is 12.2. The van der Waals surface area contributed by atoms with Gasteiger partial charge in [0, 0.05) is 13.1 Å². The molecule has 1 aliphatic heterocycles. The highest BCUT2D eigenvalue weighted by molar-refractivity contribution is 7.10. The van der Waals surface area contributed by atoms with Gasteiger partial charge < -0.3 is 9.64 Å². The van der Waals surface area contributed by atoms with Gasteiger partial charge in [-0.15, -0.1) is 0 Å². The molecule has 1 aromatic carbocycles. The third-order valence-corrected chi connectivity index (χ3v) is 4.55. The van der Waals surface area contributed by atoms with Crippen molar-refractivity contribution in [3.8, 4) is 6.07 Å². The molecule has 4 nitrogen and oxygen atoms in total. The van der Waals surface area contributed by atoms with Gasteiger partial charge in [0.05, 0.1) is 6.61 Å². The molecule has 0 N–H and O–H groups in total. The van der Waals surface area contributed by atoms with Crippen molar-refractivity contribution in [1.82, 2.24) is 4.37 Å². The van der Waals surface area contributed by atoms with Crippen LogP contribution in [-0.4, -0.2) is 24.1 Å². The Bertz CT molecular complexity index is 638. The Labute approximate surface area is 126 Å². The van der Waals surface area contributed by atoms with Crippen LogP contribution in [0.25, 0.3) is 0 Å². The molecule has 6 heteroatoms. The fourth-order valence-electron chi connectivity index (χ4n) is 2.28. The average molecular weight is 306 g/mol. The van der Waals surface area contributed by atoms with Crippen molar-refractivity contribution < 1.29 is 4.74 Å². The number of anilines is 1. The molecule has 0 aliphatic carbocycles. The van der Waals surface area contributed by atoms with Gasteiger partial charge in [-0.1, -0.05) is 41.9 Å². The quantitative estimate of drug-likeness (QED) is 0.854. The summed E-state index contributed by atoms with van der Waals surface area (Å²) in [6.07, 6.45) is 0.0115. The number of hydrogen-bond acceptors (Lipinski definition) is 5. The molecule has 2 heterocycles. The first-order valence-corrected chi connectivity index (χ1v) is 7.41. The summed E-state index contributed by atoms with van der Waals surface area (Å²) in [5.41, 5.74) is 1.61. The predicted molar refractivity (Wildman–Crippen MR) is 79.2 cm³/mol. The lowest BCUT2D eigenvalue weighted by atomic mass is 10.1. The molecule has 1 aliphatic rings. The van der Waals surface area contributed by atoms with Crippen molar-refractivity contribution >= 4 is 28.1 Å². The van der Waals surface area contributed by atoms with Gasteiger partial charge in [0.2, 0.25) is 0 Å². The second-order valence-corrected chi connectivity index (χ2v) is 5.59. The molecule has 1 fully saturated rings. The number of ether oxygens (including phenoxy) is 1. The summed E-state index contributed by atoms with van der Waals surface area (Å²) in [6, 6.07) is 12.2. The van der Waals surface area contributed by atoms with Crippen LogP contribution in [0.2, 0.25) is 5.15 Å². The van der Waals surface area contributed by atoms with Crippen LogP contribution in [0.1, 0.15) is 17.2 Å². The number of aromatic nitrogens is 1. The lowest BCUT2D eigenvalue weighted by Gasteiger charge is -2.33. The smallest absolute Gasteiger partial charge is 0.162 e. The summed E-state index contributed by atoms with van der Waals surface area (Å²) in [7, 11) is 0. The fourth-order valence-corrected chi connectivity index (χ4v) is 3.34. The highest BCUT2D eigenvalue weighted by atomic mass is 35.5. The van der Waals surface area contributed by atoms with Crippen LogP contribution < -0.4 is 4.90 Å². The molecule has 2 aromatic rings. The van der Waals surface area contributed by atoms with Crippen LogP contribution in [0.3, 0.4) is 0 Å². The molecule has 0 bridgehead atoms. The van der Waals surface area contributed by atoms with E-state index < -0.39 is 0 Å². The number of nitriles is 1. The maximum atomic E-state index is 9.18. The van der Waals surface area contributed by atoms with Crippen LogP contribution in [-0.2, 0) is 4.74 Å². The Hall–Kier alpha value is -1.61. The van der Waals surface area contributed by atoms with E-state index in [2.05, 4.69) is 27.5 Å². The largest absolute Gasteiger partial charge is 0.370 e. The second kappa shape index (κ2) is 5.80. The van der Waals surface area contributed by atoms with Crippen LogP contribution in [0, 0.1) is 11.3 Å². The van der Waals surface area contributed by atoms with Gasteiger partial charge in [0.15, 0.2) is 5.15 Å². The summed E-state index contributed by atoms with van der Waals surface area (Å²) in [5.74, 6) is 0. The molecule has 0 amide bonds. The highest BCUT2D eigenvalue weighted by Crippen LogP contribution is 2.34. The van der Waals surface area contributed by atoms with E-state index in [1.165, 1.54) is 11.5 Å². The molecule has 1 saturated heterocycles. The van der Waals surface area contributed by atoms with Crippen LogP contribution in [0.15, 0.2) is 30.3 Å². The van der Waals surface area contributed by atoms with Gasteiger partial charge in [-0.05, 0) is 17.1 Å². The molecule has 1 atom stereocenters. The second-order valence-electron chi connectivity index (χ2n) is 4.48. The van der Waals surface area contributed by atoms with Crippen molar-refractivity contribution in [3.05, 3.63) is 46.6 Å². The molecule has 1 unspecified atom stereocenters. The summed E-state index contributed by atoms with van der Waals surface area (Å²) >= 11 is 7.21. The number of halogens is 1. The maximum absolute atomic E-state index is 9.18. The molecule has 3 rings (SSSR count). The third-order valence-electron chi connectivity index (χ3n) is 3.27. The van der Waals surface area contributed by atoms with Gasteiger partial charge in [-0.25, -0.2) is 0 Å². The molecule has 0 radical (unpaired) electrons. The lowest BCUT2D eigenvalue weighted by molar-refractivity contribution is 0.0400. The summed E-state index contributed by atoms with van der Waals surface area (Å²) in [5, 5.41) is 10.3. The van der Waals surface area contributed by atoms with E-state index in [-0.39, 0.29) is 11.3 Å². The van der Waals surface area contributed by atoms with Crippen molar-refractivity contribution in [2.75, 3.05) is 24.6 Å². The standard InChI is InChI=1S/C14H12ClN3OS/c15-13-11(8-16)14(20-17-13)18-6-7-19-12(9-18)10-4-2-1-3-5-10/h1-5,12H,6-7,9H2. The topological polar surface area (TPSA) is 49.2 Å². The van der Waals surface area contributed by atoms with E-state index in [1.807, 2.05) is 18.2 Å². The van der Waals surface area contributed by atoms with Gasteiger partial charge in [-0.3, -0.25) is 0 Å². The van der Waals surface area contributed by atoms with E-state index in [0.29, 0.717) is 18.7 Å². The molecule has 102 valence electrons. The van der Waals surface area contributed by atoms with E-state index in [0.717, 1.165) is 17.1 Å². The van der Waals surface area contributed by atoms with Gasteiger partial charge in [-0.2, -0.15) is 9.64 Å². The van der Waals surface area contributed by atoms with Crippen molar-refractivity contribution in [1.29, 1.82) is 5.26 Å². The summed E-state index contributed by atoms with van der Waals surface area (Å²) < 4.78 is 9.89. The van der Waals surface area contributed by atoms with Crippen molar-refractivity contribution in [2.45, 2.75) is 6.10 Å². The maximum Gasteiger partial charge on any atom is 0.162 e. The monoisotopic (exact) mass is 305 g/mol. The average Bonchev–Trinajstić information content (AvgIpc) is 2.89. The first-order valence-electron chi connectivity index (χ1n) is 6.26. The summed E-state index contributed by atoms with van der Waals surface area (Å²) in [6.45, 7) is 2.08. The number of rotatable bonds is 2. The lowest BCUT2D eigenvalue weighted by Crippen LogP contribution is -2.38. The first-order chi connectivity index (χ1) is 9.79. The SMILES string of the molecule is N#Cc1c(Cl)nsc1N1CCOC(c2ccccc2)C1.